The lowest BCUT2D eigenvalue weighted by atomic mass is 9.86. The van der Waals surface area contributed by atoms with E-state index in [1.807, 2.05) is 0 Å². The van der Waals surface area contributed by atoms with Gasteiger partial charge in [-0.05, 0) is 144 Å². The van der Waals surface area contributed by atoms with Crippen LogP contribution in [0.1, 0.15) is 203 Å². The van der Waals surface area contributed by atoms with Crippen LogP contribution in [0.4, 0.5) is 39.5 Å². The van der Waals surface area contributed by atoms with Gasteiger partial charge in [-0.1, -0.05) is 36.4 Å². The number of fused-ring (bicyclic) bond motifs is 4. The second-order valence-corrected chi connectivity index (χ2v) is 32.0. The highest BCUT2D eigenvalue weighted by atomic mass is 35.5. The van der Waals surface area contributed by atoms with Gasteiger partial charge >= 0.3 is 11.9 Å². The zero-order valence-electron chi connectivity index (χ0n) is 72.4. The van der Waals surface area contributed by atoms with Crippen LogP contribution in [-0.4, -0.2) is 132 Å². The third-order valence-electron chi connectivity index (χ3n) is 22.2. The van der Waals surface area contributed by atoms with Crippen LogP contribution in [0.2, 0.25) is 0 Å². The van der Waals surface area contributed by atoms with E-state index in [1.165, 1.54) is 122 Å². The summed E-state index contributed by atoms with van der Waals surface area (Å²) in [5, 5.41) is 30.2. The lowest BCUT2D eigenvalue weighted by molar-refractivity contribution is -0.121. The molecule has 0 saturated carbocycles. The van der Waals surface area contributed by atoms with E-state index in [9.17, 15) is 87.5 Å². The first-order valence-corrected chi connectivity index (χ1v) is 42.2. The fourth-order valence-corrected chi connectivity index (χ4v) is 16.2. The van der Waals surface area contributed by atoms with Crippen LogP contribution in [0.25, 0.3) is 33.4 Å². The van der Waals surface area contributed by atoms with Crippen LogP contribution in [0.5, 0.6) is 0 Å². The number of nitrogens with zero attached hydrogens (tertiary/aromatic N) is 9. The van der Waals surface area contributed by atoms with Crippen LogP contribution < -0.4 is 17.2 Å². The molecule has 6 aromatic carbocycles. The van der Waals surface area contributed by atoms with Gasteiger partial charge in [0.15, 0.2) is 34.5 Å². The number of hydrogen-bond acceptors (Lipinski definition) is 22. The molecule has 0 saturated heterocycles. The Hall–Kier alpha value is -15.2. The molecule has 9 N–H and O–H groups in total. The number of nitrogens with one attached hydrogen (secondary N) is 2. The number of benzene rings is 6. The molecule has 702 valence electrons. The molecule has 30 nitrogen and oxygen atoms in total. The summed E-state index contributed by atoms with van der Waals surface area (Å²) >= 11 is 5.68. The maximum atomic E-state index is 14.2. The number of carboxylic acids is 1. The number of carbonyl (C=O) groups excluding carboxylic acids is 9. The second kappa shape index (κ2) is 44.1. The van der Waals surface area contributed by atoms with Crippen molar-refractivity contribution in [1.82, 2.24) is 54.9 Å². The first-order chi connectivity index (χ1) is 65.1. The average molecular weight is 1890 g/mol. The van der Waals surface area contributed by atoms with Crippen molar-refractivity contribution in [1.29, 1.82) is 0 Å². The number of methoxy groups -OCH3 is 1. The third kappa shape index (κ3) is 23.9. The Morgan fingerprint density at radius 2 is 0.794 bits per heavy atom. The number of alkyl halides is 1. The molecule has 7 aromatic heterocycles. The van der Waals surface area contributed by atoms with Gasteiger partial charge in [-0.15, -0.1) is 11.6 Å². The van der Waals surface area contributed by atoms with Crippen LogP contribution >= 0.6 is 11.6 Å². The van der Waals surface area contributed by atoms with Crippen molar-refractivity contribution in [3.05, 3.63) is 335 Å². The van der Waals surface area contributed by atoms with E-state index in [4.69, 9.17) is 57.6 Å². The molecule has 17 rings (SSSR count). The number of carboxylic acid groups (broad SMARTS) is 1. The number of ketones is 5. The van der Waals surface area contributed by atoms with E-state index in [0.29, 0.717) is 122 Å². The molecule has 136 heavy (non-hydrogen) atoms. The second-order valence-electron chi connectivity index (χ2n) is 31.7. The smallest absolute Gasteiger partial charge is 0.356 e. The zero-order chi connectivity index (χ0) is 97.5. The maximum absolute atomic E-state index is 14.2. The minimum atomic E-state index is -1.01. The Morgan fingerprint density at radius 1 is 0.434 bits per heavy atom. The van der Waals surface area contributed by atoms with Crippen molar-refractivity contribution in [2.75, 3.05) is 13.0 Å². The molecule has 40 heteroatoms. The van der Waals surface area contributed by atoms with Gasteiger partial charge in [0.05, 0.1) is 129 Å². The van der Waals surface area contributed by atoms with Gasteiger partial charge in [-0.2, -0.15) is 20.4 Å². The van der Waals surface area contributed by atoms with Gasteiger partial charge in [-0.25, -0.2) is 53.8 Å². The number of primary amides is 3. The van der Waals surface area contributed by atoms with E-state index in [1.54, 1.807) is 36.4 Å². The average Bonchev–Trinajstić information content (AvgIpc) is 1.59. The molecular formula is C96H82ClF9N14O16. The number of aromatic amines is 2. The summed E-state index contributed by atoms with van der Waals surface area (Å²) in [6, 6.07) is 30.9. The van der Waals surface area contributed by atoms with Crippen molar-refractivity contribution >= 4 is 70.2 Å². The molecule has 3 atom stereocenters. The van der Waals surface area contributed by atoms with E-state index in [-0.39, 0.29) is 152 Å². The zero-order valence-corrected chi connectivity index (χ0v) is 73.2. The summed E-state index contributed by atoms with van der Waals surface area (Å²) in [5.41, 5.74) is 26.7. The van der Waals surface area contributed by atoms with Gasteiger partial charge in [0, 0.05) is 127 Å². The van der Waals surface area contributed by atoms with Crippen LogP contribution in [-0.2, 0) is 123 Å². The van der Waals surface area contributed by atoms with E-state index >= 15 is 0 Å². The molecule has 0 bridgehead atoms. The fourth-order valence-electron chi connectivity index (χ4n) is 16.1. The number of carbonyl (C=O) groups is 10. The Morgan fingerprint density at radius 3 is 1.18 bits per heavy atom. The number of H-pyrrole nitrogens is 2. The number of aromatic carboxylic acids is 1. The number of nitrogens with two attached hydrogens (primary N) is 3. The summed E-state index contributed by atoms with van der Waals surface area (Å²) < 4.78 is 155. The minimum absolute atomic E-state index is 0.00648. The first-order valence-electron chi connectivity index (χ1n) is 41.6. The topological polar surface area (TPSA) is 447 Å². The van der Waals surface area contributed by atoms with Crippen LogP contribution in [0.15, 0.2) is 164 Å². The van der Waals surface area contributed by atoms with Gasteiger partial charge < -0.3 is 46.0 Å². The molecule has 4 aliphatic rings. The lowest BCUT2D eigenvalue weighted by Gasteiger charge is -2.20. The molecule has 0 radical (unpaired) electrons. The summed E-state index contributed by atoms with van der Waals surface area (Å²) in [7, 11) is 1.22. The Bertz CT molecular complexity index is 6700. The largest absolute Gasteiger partial charge is 0.476 e. The number of Topliss-reactive ketones (excluding diaryl/α,β-unsaturated/α-hetero) is 5. The van der Waals surface area contributed by atoms with Gasteiger partial charge in [0.25, 0.3) is 17.7 Å². The fraction of sp³-hybridized carbons (Fsp3) is 0.240. The highest BCUT2D eigenvalue weighted by Crippen LogP contribution is 2.39. The molecule has 11 heterocycles. The third-order valence-corrected chi connectivity index (χ3v) is 22.4. The van der Waals surface area contributed by atoms with E-state index in [0.717, 1.165) is 53.3 Å². The SMILES string of the molecule is CC(=O)c1n[nH]c2c1COC2.CC(=O)c1nn(CC(=O)C[C@@H](Cc2cc(F)cc(F)c2)c2ncccc2-c2ccc(F)c(C(N)=O)c2)c2c1COC2.COC(=O)c1c2c(nn1CC(=O)C[C@@H](Cc1cc(F)cc(F)c1)c1ncccc1-c1ccc(F)c(C(N)=O)c1)COC2.NC(=O)c1cc(-c2cccnc2[C@@H](CC(=O)CCl)Cc2cc(F)cc(F)c2)ccc1F.O=C(O)c1n[nH]c2c1COC2. The lowest BCUT2D eigenvalue weighted by Crippen LogP contribution is -2.21. The number of halogens is 10. The number of amides is 3. The van der Waals surface area contributed by atoms with Crippen molar-refractivity contribution < 1.29 is 116 Å². The Kier molecular flexibility index (Phi) is 31.9. The Balaban J connectivity index is 0.000000155. The molecule has 3 amide bonds. The molecule has 13 aromatic rings. The Labute approximate surface area is 772 Å². The normalized spacial score (nSPS) is 13.1. The number of hydrogen-bond donors (Lipinski definition) is 6. The maximum Gasteiger partial charge on any atom is 0.356 e. The van der Waals surface area contributed by atoms with Crippen molar-refractivity contribution in [3.63, 3.8) is 0 Å². The monoisotopic (exact) mass is 1890 g/mol. The predicted molar refractivity (Wildman–Crippen MR) is 466 cm³/mol. The number of aromatic nitrogens is 11. The molecular weight excluding hydrogens is 1810 g/mol. The number of ether oxygens (including phenoxy) is 5. The standard InChI is InChI=1S/C30H25F3N4O5.C30H25F3N4O4.C23H18ClF3N2O2.C7H8N2O2.C6H6N2O3/c1-41-30(40)28-24-14-42-15-26(24)36-37(28)13-21(38)10-18(7-16-8-19(31)12-20(32)9-16)27-22(3-2-6-35-27)17-4-5-25(33)23(11-17)29(34)39;1-16(38)28-25-14-41-15-27(25)37(36-28)13-22(39)10-19(7-17-8-20(31)12-21(32)9-17)29-23(3-2-6-35-29)18-4-5-26(33)24(11-18)30(34)40;24-12-18(30)9-15(6-13-7-16(25)11-17(26)8-13)22-19(2-1-5-29-22)14-3-4-21(27)20(10-14)23(28)31;1-4(10)7-5-2-11-3-6(5)8-9-7;9-6(10)5-3-1-11-2-4(3)7-8-5/h2-6,8-9,11-12,18H,7,10,13-15H2,1H3,(H2,34,39);2-6,8-9,11-12,19H,7,10,13-15H2,1H3,(H2,34,40);1-5,7-8,10-11,15H,6,9,12H2,(H2,28,31);2-3H2,1H3,(H,8,9);1-2H2,(H,7,8)(H,9,10)/t18-;19-;15-;;/m111../s1. The highest BCUT2D eigenvalue weighted by molar-refractivity contribution is 6.27. The van der Waals surface area contributed by atoms with Crippen molar-refractivity contribution in [2.24, 2.45) is 17.2 Å². The molecule has 4 aliphatic heterocycles. The van der Waals surface area contributed by atoms with Gasteiger partial charge in [-0.3, -0.25) is 68.2 Å². The highest BCUT2D eigenvalue weighted by Gasteiger charge is 2.34. The summed E-state index contributed by atoms with van der Waals surface area (Å²) in [5.74, 6) is -14.7. The van der Waals surface area contributed by atoms with E-state index in [2.05, 4.69) is 45.5 Å². The summed E-state index contributed by atoms with van der Waals surface area (Å²) in [4.78, 5) is 134. The van der Waals surface area contributed by atoms with Crippen molar-refractivity contribution in [3.8, 4) is 33.4 Å². The van der Waals surface area contributed by atoms with Gasteiger partial charge in [0.2, 0.25) is 0 Å². The molecule has 0 aliphatic carbocycles. The number of rotatable bonds is 30. The predicted octanol–water partition coefficient (Wildman–Crippen LogP) is 14.5. The number of esters is 1. The summed E-state index contributed by atoms with van der Waals surface area (Å²) in [6.45, 7) is 5.12. The summed E-state index contributed by atoms with van der Waals surface area (Å²) in [6.07, 6.45) is 4.42. The molecule has 0 fully saturated rings. The first kappa shape index (κ1) is 98.3. The van der Waals surface area contributed by atoms with Crippen LogP contribution in [0.3, 0.4) is 0 Å². The molecule has 0 spiro atoms. The van der Waals surface area contributed by atoms with Gasteiger partial charge in [0.1, 0.15) is 76.1 Å². The van der Waals surface area contributed by atoms with Crippen LogP contribution in [0, 0.1) is 52.4 Å². The van der Waals surface area contributed by atoms with Crippen molar-refractivity contribution in [2.45, 2.75) is 136 Å². The molecule has 0 unspecified atom stereocenters. The minimum Gasteiger partial charge on any atom is -0.476 e. The quantitative estimate of drug-likeness (QED) is 0.0105. The van der Waals surface area contributed by atoms with E-state index < -0.39 is 99.8 Å². The number of pyridine rings is 3.